The standard InChI is InChI=1S/C25H28N2O6/c1-14(2)19-11-20-17(12-32-23(20)8-15(19)3)9-25(30)33-13-24(29)27-21-10-18(26-16(4)28)6-7-22(21)31-5/h6-8,10-12,14H,9,13H2,1-5H3,(H,26,28)(H,27,29). The minimum absolute atomic E-state index is 0.0117. The number of fused-ring (bicyclic) bond motifs is 1. The van der Waals surface area contributed by atoms with Crippen molar-refractivity contribution in [3.63, 3.8) is 0 Å². The molecule has 8 nitrogen and oxygen atoms in total. The molecule has 1 heterocycles. The van der Waals surface area contributed by atoms with Gasteiger partial charge in [-0.1, -0.05) is 13.8 Å². The third-order valence-electron chi connectivity index (χ3n) is 5.16. The van der Waals surface area contributed by atoms with E-state index in [0.717, 1.165) is 10.9 Å². The van der Waals surface area contributed by atoms with Crippen LogP contribution in [0.2, 0.25) is 0 Å². The van der Waals surface area contributed by atoms with E-state index >= 15 is 0 Å². The van der Waals surface area contributed by atoms with Crippen molar-refractivity contribution < 1.29 is 28.3 Å². The average Bonchev–Trinajstić information content (AvgIpc) is 3.12. The molecule has 33 heavy (non-hydrogen) atoms. The summed E-state index contributed by atoms with van der Waals surface area (Å²) in [6.45, 7) is 7.18. The van der Waals surface area contributed by atoms with Crippen molar-refractivity contribution in [3.8, 4) is 5.75 Å². The van der Waals surface area contributed by atoms with E-state index < -0.39 is 18.5 Å². The number of anilines is 2. The van der Waals surface area contributed by atoms with Crippen molar-refractivity contribution in [2.75, 3.05) is 24.4 Å². The first-order valence-electron chi connectivity index (χ1n) is 10.6. The number of methoxy groups -OCH3 is 1. The summed E-state index contributed by atoms with van der Waals surface area (Å²) in [7, 11) is 1.46. The second-order valence-electron chi connectivity index (χ2n) is 8.10. The number of aryl methyl sites for hydroxylation is 1. The quantitative estimate of drug-likeness (QED) is 0.486. The molecule has 0 saturated carbocycles. The summed E-state index contributed by atoms with van der Waals surface area (Å²) in [6, 6.07) is 8.84. The largest absolute Gasteiger partial charge is 0.495 e. The molecule has 0 fully saturated rings. The Hall–Kier alpha value is -3.81. The zero-order valence-electron chi connectivity index (χ0n) is 19.4. The van der Waals surface area contributed by atoms with Gasteiger partial charge in [0.2, 0.25) is 5.91 Å². The molecule has 2 N–H and O–H groups in total. The Morgan fingerprint density at radius 2 is 1.85 bits per heavy atom. The maximum atomic E-state index is 12.4. The lowest BCUT2D eigenvalue weighted by molar-refractivity contribution is -0.146. The second kappa shape index (κ2) is 10.2. The molecule has 0 aliphatic carbocycles. The number of hydrogen-bond acceptors (Lipinski definition) is 6. The minimum Gasteiger partial charge on any atom is -0.495 e. The molecule has 0 atom stereocenters. The zero-order chi connectivity index (χ0) is 24.1. The second-order valence-corrected chi connectivity index (χ2v) is 8.10. The molecular weight excluding hydrogens is 424 g/mol. The fraction of sp³-hybridized carbons (Fsp3) is 0.320. The summed E-state index contributed by atoms with van der Waals surface area (Å²) < 4.78 is 16.0. The number of benzene rings is 2. The third-order valence-corrected chi connectivity index (χ3v) is 5.16. The van der Waals surface area contributed by atoms with Gasteiger partial charge in [0.1, 0.15) is 11.3 Å². The van der Waals surface area contributed by atoms with Gasteiger partial charge in [0.15, 0.2) is 6.61 Å². The van der Waals surface area contributed by atoms with Crippen molar-refractivity contribution in [1.29, 1.82) is 0 Å². The highest BCUT2D eigenvalue weighted by Crippen LogP contribution is 2.30. The SMILES string of the molecule is COc1ccc(NC(C)=O)cc1NC(=O)COC(=O)Cc1coc2cc(C)c(C(C)C)cc12. The molecule has 1 aromatic heterocycles. The van der Waals surface area contributed by atoms with Gasteiger partial charge in [-0.15, -0.1) is 0 Å². The Morgan fingerprint density at radius 1 is 1.09 bits per heavy atom. The van der Waals surface area contributed by atoms with Crippen LogP contribution in [0.15, 0.2) is 41.0 Å². The van der Waals surface area contributed by atoms with E-state index in [1.54, 1.807) is 24.5 Å². The summed E-state index contributed by atoms with van der Waals surface area (Å²) in [5.41, 5.74) is 4.59. The van der Waals surface area contributed by atoms with Gasteiger partial charge in [0.05, 0.1) is 25.5 Å². The first-order valence-corrected chi connectivity index (χ1v) is 10.6. The van der Waals surface area contributed by atoms with Gasteiger partial charge in [-0.3, -0.25) is 14.4 Å². The highest BCUT2D eigenvalue weighted by Gasteiger charge is 2.16. The maximum Gasteiger partial charge on any atom is 0.310 e. The molecule has 0 aliphatic heterocycles. The van der Waals surface area contributed by atoms with E-state index in [9.17, 15) is 14.4 Å². The van der Waals surface area contributed by atoms with E-state index in [1.807, 2.05) is 19.1 Å². The molecular formula is C25H28N2O6. The number of amides is 2. The van der Waals surface area contributed by atoms with Gasteiger partial charge in [-0.25, -0.2) is 0 Å². The van der Waals surface area contributed by atoms with Crippen LogP contribution in [0.3, 0.4) is 0 Å². The number of carbonyl (C=O) groups is 3. The first-order chi connectivity index (χ1) is 15.7. The maximum absolute atomic E-state index is 12.4. The van der Waals surface area contributed by atoms with Gasteiger partial charge in [0.25, 0.3) is 5.91 Å². The van der Waals surface area contributed by atoms with Crippen LogP contribution in [0.4, 0.5) is 11.4 Å². The first kappa shape index (κ1) is 23.8. The number of furan rings is 1. The Bertz CT molecular complexity index is 1200. The summed E-state index contributed by atoms with van der Waals surface area (Å²) >= 11 is 0. The van der Waals surface area contributed by atoms with Gasteiger partial charge in [-0.05, 0) is 54.3 Å². The van der Waals surface area contributed by atoms with Crippen LogP contribution in [-0.2, 0) is 25.5 Å². The molecule has 0 saturated heterocycles. The van der Waals surface area contributed by atoms with Crippen LogP contribution in [0.5, 0.6) is 5.75 Å². The van der Waals surface area contributed by atoms with Crippen LogP contribution in [-0.4, -0.2) is 31.5 Å². The van der Waals surface area contributed by atoms with Crippen molar-refractivity contribution >= 4 is 40.1 Å². The molecule has 8 heteroatoms. The van der Waals surface area contributed by atoms with Crippen LogP contribution < -0.4 is 15.4 Å². The van der Waals surface area contributed by atoms with Gasteiger partial charge < -0.3 is 24.5 Å². The molecule has 3 rings (SSSR count). The Morgan fingerprint density at radius 3 is 2.52 bits per heavy atom. The molecule has 2 aromatic carbocycles. The Kier molecular flexibility index (Phi) is 7.37. The predicted octanol–water partition coefficient (Wildman–Crippen LogP) is 4.56. The minimum atomic E-state index is -0.543. The van der Waals surface area contributed by atoms with E-state index in [-0.39, 0.29) is 12.3 Å². The molecule has 174 valence electrons. The number of esters is 1. The molecule has 0 aliphatic rings. The van der Waals surface area contributed by atoms with Crippen molar-refractivity contribution in [1.82, 2.24) is 0 Å². The predicted molar refractivity (Wildman–Crippen MR) is 126 cm³/mol. The molecule has 0 unspecified atom stereocenters. The van der Waals surface area contributed by atoms with Crippen molar-refractivity contribution in [2.45, 2.75) is 40.0 Å². The smallest absolute Gasteiger partial charge is 0.310 e. The fourth-order valence-electron chi connectivity index (χ4n) is 3.63. The van der Waals surface area contributed by atoms with Crippen molar-refractivity contribution in [2.24, 2.45) is 0 Å². The van der Waals surface area contributed by atoms with E-state index in [1.165, 1.54) is 19.6 Å². The van der Waals surface area contributed by atoms with Crippen LogP contribution in [0, 0.1) is 6.92 Å². The third kappa shape index (κ3) is 5.91. The zero-order valence-corrected chi connectivity index (χ0v) is 19.4. The van der Waals surface area contributed by atoms with Crippen molar-refractivity contribution in [3.05, 3.63) is 53.3 Å². The average molecular weight is 453 g/mol. The number of ether oxygens (including phenoxy) is 2. The summed E-state index contributed by atoms with van der Waals surface area (Å²) in [6.07, 6.45) is 1.54. The molecule has 2 amide bonds. The van der Waals surface area contributed by atoms with E-state index in [0.29, 0.717) is 34.2 Å². The van der Waals surface area contributed by atoms with Crippen LogP contribution in [0.25, 0.3) is 11.0 Å². The fourth-order valence-corrected chi connectivity index (χ4v) is 3.63. The van der Waals surface area contributed by atoms with Gasteiger partial charge >= 0.3 is 5.97 Å². The number of hydrogen-bond donors (Lipinski definition) is 2. The van der Waals surface area contributed by atoms with E-state index in [2.05, 4.69) is 24.5 Å². The lowest BCUT2D eigenvalue weighted by atomic mass is 9.95. The summed E-state index contributed by atoms with van der Waals surface area (Å²) in [5, 5.41) is 6.13. The van der Waals surface area contributed by atoms with Crippen LogP contribution in [0.1, 0.15) is 43.4 Å². The molecule has 0 spiro atoms. The monoisotopic (exact) mass is 452 g/mol. The highest BCUT2D eigenvalue weighted by molar-refractivity contribution is 5.96. The Labute approximate surface area is 192 Å². The normalized spacial score (nSPS) is 10.8. The van der Waals surface area contributed by atoms with E-state index in [4.69, 9.17) is 13.9 Å². The van der Waals surface area contributed by atoms with Gasteiger partial charge in [-0.2, -0.15) is 0 Å². The highest BCUT2D eigenvalue weighted by atomic mass is 16.5. The molecule has 0 radical (unpaired) electrons. The topological polar surface area (TPSA) is 107 Å². The summed E-state index contributed by atoms with van der Waals surface area (Å²) in [4.78, 5) is 36.0. The molecule has 0 bridgehead atoms. The van der Waals surface area contributed by atoms with Crippen LogP contribution >= 0.6 is 0 Å². The van der Waals surface area contributed by atoms with Gasteiger partial charge in [0, 0.05) is 23.6 Å². The number of nitrogens with one attached hydrogen (secondary N) is 2. The summed E-state index contributed by atoms with van der Waals surface area (Å²) in [5.74, 6) is -0.567. The lowest BCUT2D eigenvalue weighted by Gasteiger charge is -2.12. The molecule has 3 aromatic rings. The Balaban J connectivity index is 1.63. The number of rotatable bonds is 8. The lowest BCUT2D eigenvalue weighted by Crippen LogP contribution is -2.22. The number of carbonyl (C=O) groups excluding carboxylic acids is 3.